The molecule has 0 fully saturated rings. The van der Waals surface area contributed by atoms with Gasteiger partial charge >= 0.3 is 5.97 Å². The van der Waals surface area contributed by atoms with Gasteiger partial charge in [0.05, 0.1) is 6.08 Å². The molecule has 4 heteroatoms. The maximum atomic E-state index is 9.62. The third kappa shape index (κ3) is 3.17. The van der Waals surface area contributed by atoms with Gasteiger partial charge in [0, 0.05) is 0 Å². The number of hydrogen-bond donors (Lipinski definition) is 3. The highest BCUT2D eigenvalue weighted by atomic mass is 16.4. The van der Waals surface area contributed by atoms with Crippen molar-refractivity contribution in [3.63, 3.8) is 0 Å². The standard InChI is InChI=1S/C4H6O4/c5-2-3(6)1-4(7)8/h1,5-6H,2H2,(H,7,8)/b3-1-. The largest absolute Gasteiger partial charge is 0.510 e. The zero-order chi connectivity index (χ0) is 6.57. The molecule has 0 spiro atoms. The van der Waals surface area contributed by atoms with Crippen LogP contribution < -0.4 is 0 Å². The van der Waals surface area contributed by atoms with Crippen LogP contribution in [-0.2, 0) is 4.79 Å². The lowest BCUT2D eigenvalue weighted by atomic mass is 10.5. The van der Waals surface area contributed by atoms with Crippen LogP contribution in [0, 0.1) is 0 Å². The molecule has 4 nitrogen and oxygen atoms in total. The van der Waals surface area contributed by atoms with Crippen molar-refractivity contribution in [2.24, 2.45) is 0 Å². The van der Waals surface area contributed by atoms with Crippen molar-refractivity contribution in [1.82, 2.24) is 0 Å². The summed E-state index contributed by atoms with van der Waals surface area (Å²) in [5.74, 6) is -1.81. The van der Waals surface area contributed by atoms with E-state index < -0.39 is 18.3 Å². The van der Waals surface area contributed by atoms with Crippen molar-refractivity contribution in [3.8, 4) is 0 Å². The van der Waals surface area contributed by atoms with E-state index in [9.17, 15) is 4.79 Å². The Balaban J connectivity index is 3.75. The Morgan fingerprint density at radius 3 is 2.12 bits per heavy atom. The number of rotatable bonds is 2. The third-order valence-corrected chi connectivity index (χ3v) is 0.452. The number of aliphatic hydroxyl groups is 2. The Bertz CT molecular complexity index is 115. The minimum atomic E-state index is -1.27. The molecule has 0 atom stereocenters. The Morgan fingerprint density at radius 1 is 1.50 bits per heavy atom. The van der Waals surface area contributed by atoms with Gasteiger partial charge in [0.15, 0.2) is 0 Å². The second-order valence-corrected chi connectivity index (χ2v) is 1.13. The summed E-state index contributed by atoms with van der Waals surface area (Å²) < 4.78 is 0. The molecule has 0 aromatic carbocycles. The monoisotopic (exact) mass is 118 g/mol. The zero-order valence-corrected chi connectivity index (χ0v) is 4.03. The minimum Gasteiger partial charge on any atom is -0.510 e. The van der Waals surface area contributed by atoms with E-state index in [0.717, 1.165) is 0 Å². The Hall–Kier alpha value is -1.03. The highest BCUT2D eigenvalue weighted by Gasteiger charge is 1.92. The first kappa shape index (κ1) is 6.97. The van der Waals surface area contributed by atoms with Crippen LogP contribution in [0.5, 0.6) is 0 Å². The van der Waals surface area contributed by atoms with Gasteiger partial charge in [-0.2, -0.15) is 0 Å². The molecule has 8 heavy (non-hydrogen) atoms. The number of aliphatic hydroxyl groups excluding tert-OH is 2. The molecule has 0 aromatic heterocycles. The molecule has 0 bridgehead atoms. The number of aliphatic carboxylic acids is 1. The van der Waals surface area contributed by atoms with Crippen molar-refractivity contribution >= 4 is 5.97 Å². The molecule has 0 amide bonds. The lowest BCUT2D eigenvalue weighted by molar-refractivity contribution is -0.131. The summed E-state index contributed by atoms with van der Waals surface area (Å²) in [6.45, 7) is -0.633. The van der Waals surface area contributed by atoms with Crippen molar-refractivity contribution < 1.29 is 20.1 Å². The predicted octanol–water partition coefficient (Wildman–Crippen LogP) is -0.495. The fraction of sp³-hybridized carbons (Fsp3) is 0.250. The molecule has 0 aliphatic heterocycles. The molecule has 0 unspecified atom stereocenters. The molecule has 0 saturated carbocycles. The molecule has 3 N–H and O–H groups in total. The first-order valence-corrected chi connectivity index (χ1v) is 1.90. The second-order valence-electron chi connectivity index (χ2n) is 1.13. The highest BCUT2D eigenvalue weighted by Crippen LogP contribution is 1.82. The van der Waals surface area contributed by atoms with Crippen LogP contribution >= 0.6 is 0 Å². The first-order valence-electron chi connectivity index (χ1n) is 1.90. The number of carboxylic acid groups (broad SMARTS) is 1. The van der Waals surface area contributed by atoms with Crippen LogP contribution in [-0.4, -0.2) is 27.9 Å². The third-order valence-electron chi connectivity index (χ3n) is 0.452. The normalized spacial score (nSPS) is 11.4. The molecule has 0 radical (unpaired) electrons. The minimum absolute atomic E-state index is 0.528. The topological polar surface area (TPSA) is 77.8 Å². The highest BCUT2D eigenvalue weighted by molar-refractivity contribution is 5.80. The summed E-state index contributed by atoms with van der Waals surface area (Å²) in [5, 5.41) is 24.1. The van der Waals surface area contributed by atoms with Gasteiger partial charge in [0.25, 0.3) is 0 Å². The molecule has 0 aromatic rings. The van der Waals surface area contributed by atoms with Gasteiger partial charge in [-0.3, -0.25) is 0 Å². The van der Waals surface area contributed by atoms with Crippen molar-refractivity contribution in [1.29, 1.82) is 0 Å². The van der Waals surface area contributed by atoms with E-state index in [1.54, 1.807) is 0 Å². The molecule has 0 aliphatic rings. The van der Waals surface area contributed by atoms with Crippen LogP contribution in [0.4, 0.5) is 0 Å². The first-order chi connectivity index (χ1) is 3.66. The van der Waals surface area contributed by atoms with E-state index in [1.807, 2.05) is 0 Å². The van der Waals surface area contributed by atoms with Gasteiger partial charge in [-0.05, 0) is 0 Å². The molecule has 0 heterocycles. The number of hydrogen-bond acceptors (Lipinski definition) is 3. The van der Waals surface area contributed by atoms with E-state index in [-0.39, 0.29) is 0 Å². The van der Waals surface area contributed by atoms with E-state index in [2.05, 4.69) is 0 Å². The maximum absolute atomic E-state index is 9.62. The number of carboxylic acids is 1. The van der Waals surface area contributed by atoms with Gasteiger partial charge in [0.2, 0.25) is 0 Å². The summed E-state index contributed by atoms with van der Waals surface area (Å²) >= 11 is 0. The molecular formula is C4H6O4. The lowest BCUT2D eigenvalue weighted by Crippen LogP contribution is -1.94. The summed E-state index contributed by atoms with van der Waals surface area (Å²) in [5.41, 5.74) is 0. The van der Waals surface area contributed by atoms with Gasteiger partial charge in [-0.1, -0.05) is 0 Å². The van der Waals surface area contributed by atoms with Crippen LogP contribution in [0.1, 0.15) is 0 Å². The molecule has 0 rings (SSSR count). The number of carbonyl (C=O) groups is 1. The van der Waals surface area contributed by atoms with Crippen LogP contribution in [0.3, 0.4) is 0 Å². The van der Waals surface area contributed by atoms with E-state index >= 15 is 0 Å². The zero-order valence-electron chi connectivity index (χ0n) is 4.03. The summed E-state index contributed by atoms with van der Waals surface area (Å²) in [4.78, 5) is 9.62. The Morgan fingerprint density at radius 2 is 2.00 bits per heavy atom. The van der Waals surface area contributed by atoms with Gasteiger partial charge in [-0.15, -0.1) is 0 Å². The smallest absolute Gasteiger partial charge is 0.331 e. The van der Waals surface area contributed by atoms with E-state index in [4.69, 9.17) is 15.3 Å². The molecule has 0 aliphatic carbocycles. The van der Waals surface area contributed by atoms with E-state index in [1.165, 1.54) is 0 Å². The van der Waals surface area contributed by atoms with Crippen molar-refractivity contribution in [3.05, 3.63) is 11.8 Å². The Kier molecular flexibility index (Phi) is 2.64. The fourth-order valence-corrected chi connectivity index (χ4v) is 0.188. The van der Waals surface area contributed by atoms with Crippen LogP contribution in [0.25, 0.3) is 0 Å². The SMILES string of the molecule is O=C(O)/C=C(\O)CO. The molecule has 0 saturated heterocycles. The van der Waals surface area contributed by atoms with Crippen molar-refractivity contribution in [2.45, 2.75) is 0 Å². The van der Waals surface area contributed by atoms with Crippen LogP contribution in [0.15, 0.2) is 11.8 Å². The van der Waals surface area contributed by atoms with Gasteiger partial charge in [0.1, 0.15) is 12.4 Å². The van der Waals surface area contributed by atoms with Gasteiger partial charge < -0.3 is 15.3 Å². The average molecular weight is 118 g/mol. The van der Waals surface area contributed by atoms with Crippen molar-refractivity contribution in [2.75, 3.05) is 6.61 Å². The molecular weight excluding hydrogens is 112 g/mol. The lowest BCUT2D eigenvalue weighted by Gasteiger charge is -1.86. The van der Waals surface area contributed by atoms with Gasteiger partial charge in [-0.25, -0.2) is 4.79 Å². The predicted molar refractivity (Wildman–Crippen MR) is 25.4 cm³/mol. The second kappa shape index (κ2) is 3.04. The fourth-order valence-electron chi connectivity index (χ4n) is 0.188. The van der Waals surface area contributed by atoms with Crippen LogP contribution in [0.2, 0.25) is 0 Å². The Labute approximate surface area is 45.7 Å². The summed E-state index contributed by atoms with van der Waals surface area (Å²) in [6, 6.07) is 0. The molecule has 46 valence electrons. The summed E-state index contributed by atoms with van der Waals surface area (Å²) in [7, 11) is 0. The van der Waals surface area contributed by atoms with E-state index in [0.29, 0.717) is 6.08 Å². The maximum Gasteiger partial charge on any atom is 0.331 e. The average Bonchev–Trinajstić information content (AvgIpc) is 1.65. The quantitative estimate of drug-likeness (QED) is 0.337. The summed E-state index contributed by atoms with van der Waals surface area (Å²) in [6.07, 6.45) is 0.528.